The van der Waals surface area contributed by atoms with E-state index >= 15 is 0 Å². The van der Waals surface area contributed by atoms with Gasteiger partial charge < -0.3 is 37.9 Å². The minimum Gasteiger partial charge on any atom is -0.494 e. The summed E-state index contributed by atoms with van der Waals surface area (Å²) in [5.41, 5.74) is -1.18. The summed E-state index contributed by atoms with van der Waals surface area (Å²) in [5, 5.41) is 0. The van der Waals surface area contributed by atoms with E-state index in [-0.39, 0.29) is 22.6 Å². The number of esters is 4. The Morgan fingerprint density at radius 3 is 1.30 bits per heavy atom. The van der Waals surface area contributed by atoms with Gasteiger partial charge in [-0.2, -0.15) is 0 Å². The second-order valence-corrected chi connectivity index (χ2v) is 9.65. The van der Waals surface area contributed by atoms with Crippen LogP contribution in [0, 0.1) is 0 Å². The molecular formula is C35H40O12. The van der Waals surface area contributed by atoms with Gasteiger partial charge in [-0.15, -0.1) is 0 Å². The lowest BCUT2D eigenvalue weighted by Crippen LogP contribution is -2.44. The Morgan fingerprint density at radius 1 is 0.638 bits per heavy atom. The van der Waals surface area contributed by atoms with Crippen molar-refractivity contribution >= 4 is 23.9 Å². The van der Waals surface area contributed by atoms with Gasteiger partial charge in [0.05, 0.1) is 18.6 Å². The van der Waals surface area contributed by atoms with Crippen LogP contribution in [0.15, 0.2) is 87.0 Å². The van der Waals surface area contributed by atoms with Crippen LogP contribution in [0.5, 0.6) is 23.0 Å². The zero-order valence-corrected chi connectivity index (χ0v) is 27.1. The van der Waals surface area contributed by atoms with E-state index in [4.69, 9.17) is 37.9 Å². The molecular weight excluding hydrogens is 612 g/mol. The normalized spacial score (nSPS) is 13.0. The first-order chi connectivity index (χ1) is 22.4. The van der Waals surface area contributed by atoms with Gasteiger partial charge in [0.25, 0.3) is 6.29 Å². The Bertz CT molecular complexity index is 1370. The van der Waals surface area contributed by atoms with Gasteiger partial charge in [-0.25, -0.2) is 19.2 Å². The molecule has 0 spiro atoms. The Labute approximate surface area is 274 Å². The van der Waals surface area contributed by atoms with E-state index in [0.717, 1.165) is 24.3 Å². The lowest BCUT2D eigenvalue weighted by atomic mass is 9.74. The number of hydrogen-bond donors (Lipinski definition) is 0. The van der Waals surface area contributed by atoms with Crippen LogP contribution in [0.4, 0.5) is 0 Å². The van der Waals surface area contributed by atoms with Gasteiger partial charge in [-0.05, 0) is 32.9 Å². The molecule has 252 valence electrons. The molecule has 2 aromatic carbocycles. The topological polar surface area (TPSA) is 142 Å². The smallest absolute Gasteiger partial charge is 0.333 e. The maximum absolute atomic E-state index is 12.7. The van der Waals surface area contributed by atoms with E-state index in [1.54, 1.807) is 45.0 Å². The fourth-order valence-corrected chi connectivity index (χ4v) is 4.37. The fraction of sp³-hybridized carbons (Fsp3) is 0.314. The molecule has 47 heavy (non-hydrogen) atoms. The first-order valence-corrected chi connectivity index (χ1v) is 14.6. The molecule has 0 N–H and O–H groups in total. The van der Waals surface area contributed by atoms with Crippen LogP contribution in [0.25, 0.3) is 0 Å². The largest absolute Gasteiger partial charge is 0.494 e. The molecule has 0 amide bonds. The van der Waals surface area contributed by atoms with E-state index in [2.05, 4.69) is 26.3 Å². The van der Waals surface area contributed by atoms with Crippen molar-refractivity contribution in [2.24, 2.45) is 0 Å². The standard InChI is InChI=1S/C35H40O12/c1-10-30(36)44-22(7)42-28-20-24(40-14-5)16-18-26(28)35(9,34(46-32(38)12-3)47-33(39)13-4)27-19-17-25(41-15-6)21-29(27)43-23(8)45-31(37)11-2/h10-13,16-23,34H,1-4,14-15H2,5-9H3. The molecule has 0 fully saturated rings. The molecule has 0 saturated heterocycles. The summed E-state index contributed by atoms with van der Waals surface area (Å²) in [6.45, 7) is 22.5. The quantitative estimate of drug-likeness (QED) is 0.0821. The molecule has 0 saturated carbocycles. The summed E-state index contributed by atoms with van der Waals surface area (Å²) in [7, 11) is 0. The predicted molar refractivity (Wildman–Crippen MR) is 171 cm³/mol. The summed E-state index contributed by atoms with van der Waals surface area (Å²) in [4.78, 5) is 49.4. The third-order valence-electron chi connectivity index (χ3n) is 6.38. The van der Waals surface area contributed by atoms with Gasteiger partial charge in [-0.1, -0.05) is 38.4 Å². The average molecular weight is 653 g/mol. The molecule has 12 heteroatoms. The summed E-state index contributed by atoms with van der Waals surface area (Å²) in [6.07, 6.45) is -0.284. The lowest BCUT2D eigenvalue weighted by molar-refractivity contribution is -0.191. The first kappa shape index (κ1) is 37.7. The lowest BCUT2D eigenvalue weighted by Gasteiger charge is -2.39. The monoisotopic (exact) mass is 652 g/mol. The van der Waals surface area contributed by atoms with Gasteiger partial charge in [0, 0.05) is 61.4 Å². The molecule has 2 aromatic rings. The Hall–Kier alpha value is -5.52. The Balaban J connectivity index is 3.03. The van der Waals surface area contributed by atoms with E-state index in [1.165, 1.54) is 26.0 Å². The van der Waals surface area contributed by atoms with Crippen molar-refractivity contribution < 1.29 is 57.1 Å². The van der Waals surface area contributed by atoms with Gasteiger partial charge >= 0.3 is 23.9 Å². The molecule has 0 heterocycles. The zero-order chi connectivity index (χ0) is 35.1. The molecule has 0 bridgehead atoms. The molecule has 0 aliphatic heterocycles. The third-order valence-corrected chi connectivity index (χ3v) is 6.38. The first-order valence-electron chi connectivity index (χ1n) is 14.6. The summed E-state index contributed by atoms with van der Waals surface area (Å²) in [6, 6.07) is 9.49. The minimum absolute atomic E-state index is 0.0862. The molecule has 0 aliphatic carbocycles. The molecule has 0 aliphatic rings. The number of hydrogen-bond acceptors (Lipinski definition) is 12. The van der Waals surface area contributed by atoms with Crippen molar-refractivity contribution in [3.8, 4) is 23.0 Å². The van der Waals surface area contributed by atoms with Gasteiger partial charge in [0.1, 0.15) is 23.0 Å². The number of rotatable bonds is 19. The fourth-order valence-electron chi connectivity index (χ4n) is 4.37. The summed E-state index contributed by atoms with van der Waals surface area (Å²) in [5.74, 6) is -2.41. The molecule has 2 unspecified atom stereocenters. The molecule has 2 atom stereocenters. The van der Waals surface area contributed by atoms with Crippen LogP contribution in [0.1, 0.15) is 45.7 Å². The molecule has 0 aromatic heterocycles. The second kappa shape index (κ2) is 17.8. The van der Waals surface area contributed by atoms with Crippen molar-refractivity contribution in [3.05, 3.63) is 98.1 Å². The van der Waals surface area contributed by atoms with Crippen LogP contribution in [-0.4, -0.2) is 56.0 Å². The third kappa shape index (κ3) is 10.2. The maximum Gasteiger partial charge on any atom is 0.333 e. The number of benzene rings is 2. The highest BCUT2D eigenvalue weighted by atomic mass is 16.7. The van der Waals surface area contributed by atoms with E-state index < -0.39 is 48.2 Å². The SMILES string of the molecule is C=CC(=O)OC(C)Oc1cc(OCC)ccc1C(C)(c1ccc(OCC)cc1OC(C)OC(=O)C=C)C(OC(=O)C=C)OC(=O)C=C. The van der Waals surface area contributed by atoms with Crippen LogP contribution in [-0.2, 0) is 43.5 Å². The van der Waals surface area contributed by atoms with Crippen LogP contribution in [0.2, 0.25) is 0 Å². The van der Waals surface area contributed by atoms with Crippen molar-refractivity contribution in [3.63, 3.8) is 0 Å². The molecule has 2 rings (SSSR count). The molecule has 12 nitrogen and oxygen atoms in total. The van der Waals surface area contributed by atoms with Crippen LogP contribution < -0.4 is 18.9 Å². The number of ether oxygens (including phenoxy) is 8. The minimum atomic E-state index is -1.73. The maximum atomic E-state index is 12.7. The van der Waals surface area contributed by atoms with Gasteiger partial charge in [0.2, 0.25) is 12.6 Å². The summed E-state index contributed by atoms with van der Waals surface area (Å²) >= 11 is 0. The van der Waals surface area contributed by atoms with Crippen molar-refractivity contribution in [1.29, 1.82) is 0 Å². The Kier molecular flexibility index (Phi) is 14.3. The predicted octanol–water partition coefficient (Wildman–Crippen LogP) is 5.48. The Morgan fingerprint density at radius 2 is 0.979 bits per heavy atom. The van der Waals surface area contributed by atoms with Gasteiger partial charge in [-0.3, -0.25) is 0 Å². The number of carbonyl (C=O) groups excluding carboxylic acids is 4. The highest BCUT2D eigenvalue weighted by molar-refractivity contribution is 5.83. The average Bonchev–Trinajstić information content (AvgIpc) is 3.04. The van der Waals surface area contributed by atoms with Gasteiger partial charge in [0.15, 0.2) is 0 Å². The van der Waals surface area contributed by atoms with Crippen molar-refractivity contribution in [2.75, 3.05) is 13.2 Å². The second-order valence-electron chi connectivity index (χ2n) is 9.65. The van der Waals surface area contributed by atoms with E-state index in [0.29, 0.717) is 24.7 Å². The zero-order valence-electron chi connectivity index (χ0n) is 27.1. The van der Waals surface area contributed by atoms with Crippen molar-refractivity contribution in [2.45, 2.75) is 58.9 Å². The summed E-state index contributed by atoms with van der Waals surface area (Å²) < 4.78 is 45.4. The highest BCUT2D eigenvalue weighted by Crippen LogP contribution is 2.48. The van der Waals surface area contributed by atoms with Crippen molar-refractivity contribution in [1.82, 2.24) is 0 Å². The highest BCUT2D eigenvalue weighted by Gasteiger charge is 2.47. The number of carbonyl (C=O) groups is 4. The van der Waals surface area contributed by atoms with E-state index in [9.17, 15) is 19.2 Å². The van der Waals surface area contributed by atoms with Crippen LogP contribution >= 0.6 is 0 Å². The van der Waals surface area contributed by atoms with E-state index in [1.807, 2.05) is 0 Å². The molecule has 0 radical (unpaired) electrons. The van der Waals surface area contributed by atoms with Crippen LogP contribution in [0.3, 0.4) is 0 Å².